The van der Waals surface area contributed by atoms with Crippen LogP contribution in [-0.2, 0) is 16.6 Å². The van der Waals surface area contributed by atoms with E-state index in [0.717, 1.165) is 17.7 Å². The number of aromatic nitrogens is 2. The first-order chi connectivity index (χ1) is 11.8. The Bertz CT molecular complexity index is 1020. The van der Waals surface area contributed by atoms with E-state index in [-0.39, 0.29) is 10.6 Å². The van der Waals surface area contributed by atoms with Gasteiger partial charge in [0.05, 0.1) is 23.3 Å². The summed E-state index contributed by atoms with van der Waals surface area (Å²) in [6.45, 7) is 0.354. The molecule has 1 heterocycles. The highest BCUT2D eigenvalue weighted by atomic mass is 35.5. The van der Waals surface area contributed by atoms with E-state index in [9.17, 15) is 17.2 Å². The molecule has 2 aromatic carbocycles. The summed E-state index contributed by atoms with van der Waals surface area (Å²) >= 11 is 6.08. The largest absolute Gasteiger partial charge is 0.276 e. The van der Waals surface area contributed by atoms with E-state index in [1.54, 1.807) is 12.1 Å². The molecular weight excluding hydrogens is 372 g/mol. The summed E-state index contributed by atoms with van der Waals surface area (Å²) in [5.74, 6) is -2.36. The third-order valence-electron chi connectivity index (χ3n) is 3.38. The molecule has 0 fully saturated rings. The summed E-state index contributed by atoms with van der Waals surface area (Å²) in [6.07, 6.45) is 2.79. The number of sulfonamides is 1. The van der Waals surface area contributed by atoms with E-state index in [2.05, 4.69) is 9.82 Å². The third kappa shape index (κ3) is 3.97. The molecule has 0 bridgehead atoms. The van der Waals surface area contributed by atoms with Crippen molar-refractivity contribution in [1.29, 1.82) is 0 Å². The topological polar surface area (TPSA) is 64.0 Å². The van der Waals surface area contributed by atoms with Crippen molar-refractivity contribution in [3.05, 3.63) is 77.1 Å². The average molecular weight is 384 g/mol. The molecule has 130 valence electrons. The predicted octanol–water partition coefficient (Wildman–Crippen LogP) is 3.66. The zero-order chi connectivity index (χ0) is 18.0. The van der Waals surface area contributed by atoms with Gasteiger partial charge in [-0.2, -0.15) is 5.10 Å². The van der Waals surface area contributed by atoms with Crippen LogP contribution in [0, 0.1) is 11.6 Å². The SMILES string of the molecule is O=S(=O)(Nc1cnn(Cc2ccccc2Cl)c1)c1ccc(F)c(F)c1. The number of benzene rings is 2. The van der Waals surface area contributed by atoms with Gasteiger partial charge in [0.15, 0.2) is 11.6 Å². The van der Waals surface area contributed by atoms with Gasteiger partial charge in [0.2, 0.25) is 0 Å². The highest BCUT2D eigenvalue weighted by molar-refractivity contribution is 7.92. The van der Waals surface area contributed by atoms with Crippen molar-refractivity contribution >= 4 is 27.3 Å². The lowest BCUT2D eigenvalue weighted by atomic mass is 10.2. The predicted molar refractivity (Wildman–Crippen MR) is 89.9 cm³/mol. The molecule has 0 saturated heterocycles. The smallest absolute Gasteiger partial charge is 0.262 e. The van der Waals surface area contributed by atoms with E-state index in [1.807, 2.05) is 12.1 Å². The van der Waals surface area contributed by atoms with E-state index >= 15 is 0 Å². The van der Waals surface area contributed by atoms with Crippen LogP contribution in [-0.4, -0.2) is 18.2 Å². The molecule has 1 aromatic heterocycles. The van der Waals surface area contributed by atoms with Gasteiger partial charge in [0, 0.05) is 11.2 Å². The molecule has 0 unspecified atom stereocenters. The van der Waals surface area contributed by atoms with Crippen LogP contribution in [0.15, 0.2) is 59.8 Å². The van der Waals surface area contributed by atoms with Gasteiger partial charge in [-0.3, -0.25) is 9.40 Å². The van der Waals surface area contributed by atoms with Gasteiger partial charge >= 0.3 is 0 Å². The molecule has 0 amide bonds. The Kier molecular flexibility index (Phi) is 4.73. The molecule has 3 aromatic rings. The van der Waals surface area contributed by atoms with Crippen molar-refractivity contribution in [2.24, 2.45) is 0 Å². The standard InChI is InChI=1S/C16H12ClF2N3O2S/c17-14-4-2-1-3-11(14)9-22-10-12(8-20-22)21-25(23,24)13-5-6-15(18)16(19)7-13/h1-8,10,21H,9H2. The molecule has 1 N–H and O–H groups in total. The molecule has 0 aliphatic rings. The molecule has 5 nitrogen and oxygen atoms in total. The van der Waals surface area contributed by atoms with Crippen LogP contribution in [0.2, 0.25) is 5.02 Å². The third-order valence-corrected chi connectivity index (χ3v) is 5.12. The average Bonchev–Trinajstić information content (AvgIpc) is 2.98. The first-order valence-corrected chi connectivity index (χ1v) is 8.95. The summed E-state index contributed by atoms with van der Waals surface area (Å²) in [5, 5.41) is 4.63. The maximum Gasteiger partial charge on any atom is 0.262 e. The Morgan fingerprint density at radius 2 is 1.88 bits per heavy atom. The van der Waals surface area contributed by atoms with Crippen molar-refractivity contribution < 1.29 is 17.2 Å². The normalized spacial score (nSPS) is 11.5. The van der Waals surface area contributed by atoms with Crippen molar-refractivity contribution in [2.45, 2.75) is 11.4 Å². The number of rotatable bonds is 5. The van der Waals surface area contributed by atoms with E-state index in [1.165, 1.54) is 17.1 Å². The molecule has 0 radical (unpaired) electrons. The fourth-order valence-corrected chi connectivity index (χ4v) is 3.40. The van der Waals surface area contributed by atoms with E-state index in [4.69, 9.17) is 11.6 Å². The fourth-order valence-electron chi connectivity index (χ4n) is 2.16. The molecule has 25 heavy (non-hydrogen) atoms. The number of anilines is 1. The maximum absolute atomic E-state index is 13.2. The van der Waals surface area contributed by atoms with Gasteiger partial charge in [-0.1, -0.05) is 29.8 Å². The minimum atomic E-state index is -4.06. The number of hydrogen-bond donors (Lipinski definition) is 1. The van der Waals surface area contributed by atoms with Crippen LogP contribution in [0.25, 0.3) is 0 Å². The molecular formula is C16H12ClF2N3O2S. The van der Waals surface area contributed by atoms with Gasteiger partial charge in [-0.05, 0) is 29.8 Å². The molecule has 0 saturated carbocycles. The monoisotopic (exact) mass is 383 g/mol. The van der Waals surface area contributed by atoms with Gasteiger partial charge in [0.25, 0.3) is 10.0 Å². The van der Waals surface area contributed by atoms with Crippen LogP contribution < -0.4 is 4.72 Å². The molecule has 0 aliphatic carbocycles. The van der Waals surface area contributed by atoms with Gasteiger partial charge in [-0.15, -0.1) is 0 Å². The lowest BCUT2D eigenvalue weighted by Gasteiger charge is -2.06. The maximum atomic E-state index is 13.2. The summed E-state index contributed by atoms with van der Waals surface area (Å²) < 4.78 is 54.4. The van der Waals surface area contributed by atoms with Crippen LogP contribution in [0.3, 0.4) is 0 Å². The van der Waals surface area contributed by atoms with Crippen molar-refractivity contribution in [3.63, 3.8) is 0 Å². The molecule has 0 spiro atoms. The zero-order valence-corrected chi connectivity index (χ0v) is 14.2. The van der Waals surface area contributed by atoms with Gasteiger partial charge in [0.1, 0.15) is 0 Å². The lowest BCUT2D eigenvalue weighted by molar-refractivity contribution is 0.504. The molecule has 9 heteroatoms. The highest BCUT2D eigenvalue weighted by Crippen LogP contribution is 2.19. The lowest BCUT2D eigenvalue weighted by Crippen LogP contribution is -2.13. The number of hydrogen-bond acceptors (Lipinski definition) is 3. The minimum absolute atomic E-state index is 0.191. The molecule has 3 rings (SSSR count). The Hall–Kier alpha value is -2.45. The van der Waals surface area contributed by atoms with Crippen LogP contribution >= 0.6 is 11.6 Å². The van der Waals surface area contributed by atoms with Gasteiger partial charge in [-0.25, -0.2) is 17.2 Å². The minimum Gasteiger partial charge on any atom is -0.276 e. The second kappa shape index (κ2) is 6.81. The molecule has 0 aliphatic heterocycles. The van der Waals surface area contributed by atoms with E-state index in [0.29, 0.717) is 17.6 Å². The quantitative estimate of drug-likeness (QED) is 0.731. The Morgan fingerprint density at radius 3 is 2.60 bits per heavy atom. The Morgan fingerprint density at radius 1 is 1.12 bits per heavy atom. The number of nitrogens with one attached hydrogen (secondary N) is 1. The van der Waals surface area contributed by atoms with Crippen LogP contribution in [0.1, 0.15) is 5.56 Å². The van der Waals surface area contributed by atoms with Crippen LogP contribution in [0.5, 0.6) is 0 Å². The van der Waals surface area contributed by atoms with Crippen LogP contribution in [0.4, 0.5) is 14.5 Å². The summed E-state index contributed by atoms with van der Waals surface area (Å²) in [5.41, 5.74) is 1.01. The summed E-state index contributed by atoms with van der Waals surface area (Å²) in [7, 11) is -4.06. The Labute approximate surface area is 147 Å². The summed E-state index contributed by atoms with van der Waals surface area (Å²) in [6, 6.07) is 9.56. The Balaban J connectivity index is 1.78. The second-order valence-electron chi connectivity index (χ2n) is 5.20. The van der Waals surface area contributed by atoms with Crippen molar-refractivity contribution in [2.75, 3.05) is 4.72 Å². The zero-order valence-electron chi connectivity index (χ0n) is 12.7. The number of nitrogens with zero attached hydrogens (tertiary/aromatic N) is 2. The van der Waals surface area contributed by atoms with E-state index < -0.39 is 21.7 Å². The van der Waals surface area contributed by atoms with Crippen molar-refractivity contribution in [1.82, 2.24) is 9.78 Å². The number of halogens is 3. The summed E-state index contributed by atoms with van der Waals surface area (Å²) in [4.78, 5) is -0.384. The molecule has 0 atom stereocenters. The second-order valence-corrected chi connectivity index (χ2v) is 7.29. The van der Waals surface area contributed by atoms with Crippen molar-refractivity contribution in [3.8, 4) is 0 Å². The van der Waals surface area contributed by atoms with Gasteiger partial charge < -0.3 is 0 Å². The highest BCUT2D eigenvalue weighted by Gasteiger charge is 2.17. The fraction of sp³-hybridized carbons (Fsp3) is 0.0625. The first kappa shape index (κ1) is 17.4. The first-order valence-electron chi connectivity index (χ1n) is 7.09.